The summed E-state index contributed by atoms with van der Waals surface area (Å²) in [4.78, 5) is 8.65. The lowest BCUT2D eigenvalue weighted by Gasteiger charge is -2.07. The van der Waals surface area contributed by atoms with Gasteiger partial charge in [0.25, 0.3) is 0 Å². The molecule has 0 bridgehead atoms. The predicted octanol–water partition coefficient (Wildman–Crippen LogP) is 4.39. The molecule has 0 amide bonds. The first-order chi connectivity index (χ1) is 13.5. The van der Waals surface area contributed by atoms with E-state index in [4.69, 9.17) is 11.6 Å². The molecule has 7 nitrogen and oxygen atoms in total. The van der Waals surface area contributed by atoms with Crippen LogP contribution in [-0.2, 0) is 7.05 Å². The van der Waals surface area contributed by atoms with E-state index in [1.807, 2.05) is 56.8 Å². The molecule has 8 heteroatoms. The topological polar surface area (TPSA) is 73.5 Å². The predicted molar refractivity (Wildman–Crippen MR) is 110 cm³/mol. The summed E-state index contributed by atoms with van der Waals surface area (Å²) in [6.45, 7) is 5.82. The fourth-order valence-corrected chi connectivity index (χ4v) is 3.37. The molecule has 0 spiro atoms. The minimum atomic E-state index is 0.634. The van der Waals surface area contributed by atoms with E-state index < -0.39 is 0 Å². The highest BCUT2D eigenvalue weighted by Gasteiger charge is 2.16. The van der Waals surface area contributed by atoms with Gasteiger partial charge in [0.1, 0.15) is 12.1 Å². The molecule has 28 heavy (non-hydrogen) atoms. The van der Waals surface area contributed by atoms with Crippen LogP contribution in [0.2, 0.25) is 5.02 Å². The van der Waals surface area contributed by atoms with Crippen LogP contribution >= 0.6 is 11.6 Å². The van der Waals surface area contributed by atoms with Gasteiger partial charge >= 0.3 is 0 Å². The van der Waals surface area contributed by atoms with E-state index in [-0.39, 0.29) is 0 Å². The number of aromatic nitrogens is 6. The Morgan fingerprint density at radius 1 is 1.00 bits per heavy atom. The quantitative estimate of drug-likeness (QED) is 0.556. The Kier molecular flexibility index (Phi) is 4.60. The Morgan fingerprint density at radius 2 is 1.75 bits per heavy atom. The zero-order valence-corrected chi connectivity index (χ0v) is 16.9. The van der Waals surface area contributed by atoms with Crippen LogP contribution in [-0.4, -0.2) is 29.5 Å². The third-order valence-electron chi connectivity index (χ3n) is 4.65. The minimum Gasteiger partial charge on any atom is -0.323 e. The maximum absolute atomic E-state index is 6.26. The molecule has 4 aromatic rings. The molecule has 1 N–H and O–H groups in total. The standard InChI is InChI=1S/C20H20ClN7/c1-12-19(15-8-6-5-7-9-15)27(4)26-20(12)24-16-10-17(23-11-22-16)28-14(3)18(21)13(2)25-28/h5-11H,1-4H3,(H,22,23,24,26). The number of halogens is 1. The first kappa shape index (κ1) is 18.2. The van der Waals surface area contributed by atoms with Gasteiger partial charge in [0.05, 0.1) is 22.1 Å². The number of rotatable bonds is 4. The molecule has 142 valence electrons. The van der Waals surface area contributed by atoms with Gasteiger partial charge in [-0.2, -0.15) is 10.2 Å². The molecule has 0 radical (unpaired) electrons. The lowest BCUT2D eigenvalue weighted by atomic mass is 10.1. The van der Waals surface area contributed by atoms with Crippen molar-refractivity contribution in [2.45, 2.75) is 20.8 Å². The van der Waals surface area contributed by atoms with Crippen molar-refractivity contribution < 1.29 is 0 Å². The summed E-state index contributed by atoms with van der Waals surface area (Å²) < 4.78 is 3.58. The van der Waals surface area contributed by atoms with Gasteiger partial charge in [-0.15, -0.1) is 0 Å². The summed E-state index contributed by atoms with van der Waals surface area (Å²) in [5.41, 5.74) is 4.82. The third-order valence-corrected chi connectivity index (χ3v) is 5.20. The van der Waals surface area contributed by atoms with Crippen molar-refractivity contribution in [2.75, 3.05) is 5.32 Å². The minimum absolute atomic E-state index is 0.634. The van der Waals surface area contributed by atoms with Crippen LogP contribution in [0.1, 0.15) is 17.0 Å². The summed E-state index contributed by atoms with van der Waals surface area (Å²) in [7, 11) is 1.93. The monoisotopic (exact) mass is 393 g/mol. The Hall–Kier alpha value is -3.19. The van der Waals surface area contributed by atoms with E-state index in [1.54, 1.807) is 4.68 Å². The molecule has 3 aromatic heterocycles. The highest BCUT2D eigenvalue weighted by molar-refractivity contribution is 6.31. The maximum Gasteiger partial charge on any atom is 0.159 e. The molecule has 0 unspecified atom stereocenters. The second kappa shape index (κ2) is 7.09. The molecule has 0 saturated heterocycles. The Labute approximate surface area is 168 Å². The van der Waals surface area contributed by atoms with Crippen LogP contribution in [0.3, 0.4) is 0 Å². The largest absolute Gasteiger partial charge is 0.323 e. The lowest BCUT2D eigenvalue weighted by Crippen LogP contribution is -2.04. The maximum atomic E-state index is 6.26. The van der Waals surface area contributed by atoms with Gasteiger partial charge in [0, 0.05) is 24.2 Å². The first-order valence-corrected chi connectivity index (χ1v) is 9.23. The number of aryl methyl sites for hydroxylation is 2. The summed E-state index contributed by atoms with van der Waals surface area (Å²) >= 11 is 6.26. The molecule has 4 rings (SSSR count). The summed E-state index contributed by atoms with van der Waals surface area (Å²) in [5.74, 6) is 2.02. The zero-order valence-electron chi connectivity index (χ0n) is 16.1. The normalized spacial score (nSPS) is 11.0. The molecular formula is C20H20ClN7. The molecule has 0 aliphatic carbocycles. The van der Waals surface area contributed by atoms with Gasteiger partial charge < -0.3 is 5.32 Å². The van der Waals surface area contributed by atoms with Crippen LogP contribution < -0.4 is 5.32 Å². The summed E-state index contributed by atoms with van der Waals surface area (Å²) in [6.07, 6.45) is 1.50. The second-order valence-electron chi connectivity index (χ2n) is 6.59. The Bertz CT molecular complexity index is 1150. The number of nitrogens with one attached hydrogen (secondary N) is 1. The molecule has 0 fully saturated rings. The van der Waals surface area contributed by atoms with Gasteiger partial charge in [-0.1, -0.05) is 41.9 Å². The van der Waals surface area contributed by atoms with E-state index in [9.17, 15) is 0 Å². The van der Waals surface area contributed by atoms with Gasteiger partial charge in [-0.25, -0.2) is 14.6 Å². The molecule has 0 aliphatic heterocycles. The Balaban J connectivity index is 1.68. The van der Waals surface area contributed by atoms with Crippen molar-refractivity contribution in [1.82, 2.24) is 29.5 Å². The van der Waals surface area contributed by atoms with Crippen molar-refractivity contribution in [3.8, 4) is 17.1 Å². The van der Waals surface area contributed by atoms with Gasteiger partial charge in [-0.05, 0) is 20.8 Å². The van der Waals surface area contributed by atoms with Crippen molar-refractivity contribution >= 4 is 23.2 Å². The van der Waals surface area contributed by atoms with Crippen LogP contribution in [0.25, 0.3) is 17.1 Å². The van der Waals surface area contributed by atoms with Crippen LogP contribution in [0, 0.1) is 20.8 Å². The second-order valence-corrected chi connectivity index (χ2v) is 6.97. The van der Waals surface area contributed by atoms with E-state index in [1.165, 1.54) is 6.33 Å². The van der Waals surface area contributed by atoms with Crippen molar-refractivity contribution in [1.29, 1.82) is 0 Å². The van der Waals surface area contributed by atoms with Crippen LogP contribution in [0.15, 0.2) is 42.7 Å². The number of benzene rings is 1. The van der Waals surface area contributed by atoms with E-state index >= 15 is 0 Å². The molecule has 0 aliphatic rings. The SMILES string of the molecule is Cc1nn(-c2cc(Nc3nn(C)c(-c4ccccc4)c3C)ncn2)c(C)c1Cl. The molecule has 0 saturated carbocycles. The highest BCUT2D eigenvalue weighted by atomic mass is 35.5. The molecule has 0 atom stereocenters. The molecule has 1 aromatic carbocycles. The van der Waals surface area contributed by atoms with E-state index in [2.05, 4.69) is 37.6 Å². The zero-order chi connectivity index (χ0) is 19.8. The Morgan fingerprint density at radius 3 is 2.43 bits per heavy atom. The average Bonchev–Trinajstić information content (AvgIpc) is 3.12. The van der Waals surface area contributed by atoms with Crippen molar-refractivity contribution in [3.05, 3.63) is 64.7 Å². The fraction of sp³-hybridized carbons (Fsp3) is 0.200. The van der Waals surface area contributed by atoms with Gasteiger partial charge in [0.2, 0.25) is 0 Å². The number of nitrogens with zero attached hydrogens (tertiary/aromatic N) is 6. The van der Waals surface area contributed by atoms with Gasteiger partial charge in [-0.3, -0.25) is 4.68 Å². The van der Waals surface area contributed by atoms with Crippen LogP contribution in [0.4, 0.5) is 11.6 Å². The summed E-state index contributed by atoms with van der Waals surface area (Å²) in [6, 6.07) is 12.0. The number of hydrogen-bond donors (Lipinski definition) is 1. The smallest absolute Gasteiger partial charge is 0.159 e. The average molecular weight is 394 g/mol. The van der Waals surface area contributed by atoms with Crippen molar-refractivity contribution in [2.24, 2.45) is 7.05 Å². The van der Waals surface area contributed by atoms with Crippen LogP contribution in [0.5, 0.6) is 0 Å². The number of hydrogen-bond acceptors (Lipinski definition) is 5. The fourth-order valence-electron chi connectivity index (χ4n) is 3.25. The van der Waals surface area contributed by atoms with Crippen molar-refractivity contribution in [3.63, 3.8) is 0 Å². The third kappa shape index (κ3) is 3.14. The molecule has 3 heterocycles. The first-order valence-electron chi connectivity index (χ1n) is 8.86. The number of anilines is 2. The highest BCUT2D eigenvalue weighted by Crippen LogP contribution is 2.29. The molecular weight excluding hydrogens is 374 g/mol. The van der Waals surface area contributed by atoms with Gasteiger partial charge in [0.15, 0.2) is 11.6 Å². The van der Waals surface area contributed by atoms with E-state index in [0.717, 1.165) is 34.0 Å². The summed E-state index contributed by atoms with van der Waals surface area (Å²) in [5, 5.41) is 13.0. The van der Waals surface area contributed by atoms with E-state index in [0.29, 0.717) is 16.7 Å². The lowest BCUT2D eigenvalue weighted by molar-refractivity contribution is 0.778.